The Morgan fingerprint density at radius 3 is 2.54 bits per heavy atom. The van der Waals surface area contributed by atoms with Crippen molar-refractivity contribution < 1.29 is 22.7 Å². The molecule has 3 rings (SSSR count). The van der Waals surface area contributed by atoms with Crippen molar-refractivity contribution in [2.45, 2.75) is 44.9 Å². The van der Waals surface area contributed by atoms with E-state index < -0.39 is 23.8 Å². The molecular formula is C20H20F3NO2. The Labute approximate surface area is 150 Å². The van der Waals surface area contributed by atoms with Gasteiger partial charge in [-0.3, -0.25) is 4.79 Å². The monoisotopic (exact) mass is 363 g/mol. The van der Waals surface area contributed by atoms with Crippen molar-refractivity contribution in [3.63, 3.8) is 0 Å². The molecule has 0 heterocycles. The Morgan fingerprint density at radius 2 is 1.81 bits per heavy atom. The predicted octanol–water partition coefficient (Wildman–Crippen LogP) is 4.99. The maximum absolute atomic E-state index is 12.8. The number of anilines is 1. The third-order valence-electron chi connectivity index (χ3n) is 4.46. The van der Waals surface area contributed by atoms with Crippen molar-refractivity contribution >= 4 is 11.6 Å². The maximum Gasteiger partial charge on any atom is 0.416 e. The number of ether oxygens (including phenoxy) is 1. The summed E-state index contributed by atoms with van der Waals surface area (Å²) in [6, 6.07) is 10.3. The highest BCUT2D eigenvalue weighted by Crippen LogP contribution is 2.31. The smallest absolute Gasteiger partial charge is 0.416 e. The van der Waals surface area contributed by atoms with Crippen molar-refractivity contribution in [1.82, 2.24) is 0 Å². The first-order valence-electron chi connectivity index (χ1n) is 8.59. The fraction of sp³-hybridized carbons (Fsp3) is 0.350. The van der Waals surface area contributed by atoms with Crippen molar-refractivity contribution in [2.24, 2.45) is 0 Å². The lowest BCUT2D eigenvalue weighted by molar-refractivity contribution is -0.137. The van der Waals surface area contributed by atoms with Gasteiger partial charge >= 0.3 is 6.18 Å². The molecule has 1 aliphatic rings. The Morgan fingerprint density at radius 1 is 1.08 bits per heavy atom. The van der Waals surface area contributed by atoms with Crippen LogP contribution in [0.4, 0.5) is 18.9 Å². The van der Waals surface area contributed by atoms with Crippen LogP contribution < -0.4 is 10.1 Å². The summed E-state index contributed by atoms with van der Waals surface area (Å²) in [7, 11) is 0. The SMILES string of the molecule is C[C@H](Oc1ccc2c(c1)CCCC2)C(=O)Nc1cccc(C(F)(F)F)c1. The average molecular weight is 363 g/mol. The highest BCUT2D eigenvalue weighted by atomic mass is 19.4. The number of fused-ring (bicyclic) bond motifs is 1. The fourth-order valence-corrected chi connectivity index (χ4v) is 3.06. The van der Waals surface area contributed by atoms with Crippen LogP contribution in [0.2, 0.25) is 0 Å². The number of aryl methyl sites for hydroxylation is 2. The van der Waals surface area contributed by atoms with Gasteiger partial charge in [-0.25, -0.2) is 0 Å². The lowest BCUT2D eigenvalue weighted by atomic mass is 9.92. The van der Waals surface area contributed by atoms with Crippen LogP contribution in [0, 0.1) is 0 Å². The summed E-state index contributed by atoms with van der Waals surface area (Å²) >= 11 is 0. The van der Waals surface area contributed by atoms with E-state index in [2.05, 4.69) is 5.32 Å². The minimum absolute atomic E-state index is 0.0886. The number of halogens is 3. The number of benzene rings is 2. The second-order valence-electron chi connectivity index (χ2n) is 6.47. The lowest BCUT2D eigenvalue weighted by Gasteiger charge is -2.19. The number of carbonyl (C=O) groups is 1. The van der Waals surface area contributed by atoms with Gasteiger partial charge < -0.3 is 10.1 Å². The van der Waals surface area contributed by atoms with Crippen molar-refractivity contribution in [2.75, 3.05) is 5.32 Å². The average Bonchev–Trinajstić information content (AvgIpc) is 2.61. The molecule has 1 N–H and O–H groups in total. The molecule has 0 aromatic heterocycles. The number of amides is 1. The van der Waals surface area contributed by atoms with Gasteiger partial charge in [-0.15, -0.1) is 0 Å². The quantitative estimate of drug-likeness (QED) is 0.831. The first-order chi connectivity index (χ1) is 12.3. The third kappa shape index (κ3) is 4.36. The second-order valence-corrected chi connectivity index (χ2v) is 6.47. The summed E-state index contributed by atoms with van der Waals surface area (Å²) in [5.41, 5.74) is 1.83. The van der Waals surface area contributed by atoms with E-state index in [4.69, 9.17) is 4.74 Å². The molecule has 0 spiro atoms. The molecule has 0 bridgehead atoms. The van der Waals surface area contributed by atoms with E-state index in [0.29, 0.717) is 5.75 Å². The van der Waals surface area contributed by atoms with Gasteiger partial charge in [-0.05, 0) is 74.1 Å². The summed E-state index contributed by atoms with van der Waals surface area (Å²) in [4.78, 5) is 12.2. The van der Waals surface area contributed by atoms with Gasteiger partial charge in [-0.1, -0.05) is 12.1 Å². The van der Waals surface area contributed by atoms with Crippen LogP contribution >= 0.6 is 0 Å². The molecule has 0 unspecified atom stereocenters. The second kappa shape index (κ2) is 7.40. The molecule has 1 atom stereocenters. The van der Waals surface area contributed by atoms with E-state index in [1.165, 1.54) is 29.7 Å². The van der Waals surface area contributed by atoms with Crippen LogP contribution in [-0.4, -0.2) is 12.0 Å². The molecule has 1 aliphatic carbocycles. The van der Waals surface area contributed by atoms with Crippen LogP contribution in [0.15, 0.2) is 42.5 Å². The number of hydrogen-bond acceptors (Lipinski definition) is 2. The minimum atomic E-state index is -4.45. The van der Waals surface area contributed by atoms with Gasteiger partial charge in [0.05, 0.1) is 5.56 Å². The number of hydrogen-bond donors (Lipinski definition) is 1. The fourth-order valence-electron chi connectivity index (χ4n) is 3.06. The highest BCUT2D eigenvalue weighted by molar-refractivity contribution is 5.94. The van der Waals surface area contributed by atoms with E-state index in [9.17, 15) is 18.0 Å². The van der Waals surface area contributed by atoms with E-state index in [0.717, 1.165) is 31.4 Å². The van der Waals surface area contributed by atoms with Gasteiger partial charge in [-0.2, -0.15) is 13.2 Å². The molecule has 26 heavy (non-hydrogen) atoms. The standard InChI is InChI=1S/C20H20F3NO2/c1-13(26-18-10-9-14-5-2-3-6-15(14)11-18)19(25)24-17-8-4-7-16(12-17)20(21,22)23/h4,7-13H,2-3,5-6H2,1H3,(H,24,25)/t13-/m0/s1. The number of rotatable bonds is 4. The van der Waals surface area contributed by atoms with E-state index in [1.807, 2.05) is 18.2 Å². The number of nitrogens with one attached hydrogen (secondary N) is 1. The maximum atomic E-state index is 12.8. The summed E-state index contributed by atoms with van der Waals surface area (Å²) in [6.07, 6.45) is -0.901. The molecule has 0 fully saturated rings. The molecule has 0 radical (unpaired) electrons. The van der Waals surface area contributed by atoms with Crippen LogP contribution in [0.5, 0.6) is 5.75 Å². The van der Waals surface area contributed by atoms with Gasteiger partial charge in [0, 0.05) is 5.69 Å². The van der Waals surface area contributed by atoms with Crippen molar-refractivity contribution in [1.29, 1.82) is 0 Å². The molecule has 2 aromatic carbocycles. The molecule has 2 aromatic rings. The Kier molecular flexibility index (Phi) is 5.20. The Balaban J connectivity index is 1.65. The summed E-state index contributed by atoms with van der Waals surface area (Å²) in [5.74, 6) is 0.0967. The van der Waals surface area contributed by atoms with Gasteiger partial charge in [0.2, 0.25) is 0 Å². The number of alkyl halides is 3. The van der Waals surface area contributed by atoms with Crippen LogP contribution in [0.3, 0.4) is 0 Å². The molecular weight excluding hydrogens is 343 g/mol. The van der Waals surface area contributed by atoms with Crippen LogP contribution in [0.1, 0.15) is 36.5 Å². The van der Waals surface area contributed by atoms with Crippen molar-refractivity contribution in [3.8, 4) is 5.75 Å². The molecule has 6 heteroatoms. The molecule has 0 aliphatic heterocycles. The molecule has 0 saturated carbocycles. The van der Waals surface area contributed by atoms with E-state index in [1.54, 1.807) is 6.92 Å². The van der Waals surface area contributed by atoms with Gasteiger partial charge in [0.15, 0.2) is 6.10 Å². The topological polar surface area (TPSA) is 38.3 Å². The van der Waals surface area contributed by atoms with Crippen LogP contribution in [-0.2, 0) is 23.8 Å². The zero-order valence-corrected chi connectivity index (χ0v) is 14.4. The Bertz CT molecular complexity index is 802. The molecule has 138 valence electrons. The molecule has 1 amide bonds. The summed E-state index contributed by atoms with van der Waals surface area (Å²) < 4.78 is 43.9. The highest BCUT2D eigenvalue weighted by Gasteiger charge is 2.30. The first kappa shape index (κ1) is 18.3. The summed E-state index contributed by atoms with van der Waals surface area (Å²) in [5, 5.41) is 2.47. The molecule has 0 saturated heterocycles. The molecule has 3 nitrogen and oxygen atoms in total. The lowest BCUT2D eigenvalue weighted by Crippen LogP contribution is -2.30. The van der Waals surface area contributed by atoms with E-state index >= 15 is 0 Å². The van der Waals surface area contributed by atoms with Gasteiger partial charge in [0.1, 0.15) is 5.75 Å². The first-order valence-corrected chi connectivity index (χ1v) is 8.59. The minimum Gasteiger partial charge on any atom is -0.481 e. The van der Waals surface area contributed by atoms with Gasteiger partial charge in [0.25, 0.3) is 5.91 Å². The summed E-state index contributed by atoms with van der Waals surface area (Å²) in [6.45, 7) is 1.57. The zero-order chi connectivity index (χ0) is 18.7. The van der Waals surface area contributed by atoms with E-state index in [-0.39, 0.29) is 5.69 Å². The van der Waals surface area contributed by atoms with Crippen LogP contribution in [0.25, 0.3) is 0 Å². The van der Waals surface area contributed by atoms with Crippen molar-refractivity contribution in [3.05, 3.63) is 59.2 Å². The Hall–Kier alpha value is -2.50. The number of carbonyl (C=O) groups excluding carboxylic acids is 1. The third-order valence-corrected chi connectivity index (χ3v) is 4.46. The predicted molar refractivity (Wildman–Crippen MR) is 93.2 cm³/mol. The largest absolute Gasteiger partial charge is 0.481 e. The zero-order valence-electron chi connectivity index (χ0n) is 14.4. The normalized spacial score (nSPS) is 15.1.